The lowest BCUT2D eigenvalue weighted by atomic mass is 9.93. The average Bonchev–Trinajstić information content (AvgIpc) is 3.13. The number of fused-ring (bicyclic) bond motifs is 2. The summed E-state index contributed by atoms with van der Waals surface area (Å²) in [5.74, 6) is 2.30. The highest BCUT2D eigenvalue weighted by Crippen LogP contribution is 2.32. The maximum atomic E-state index is 5.75. The molecule has 5 nitrogen and oxygen atoms in total. The summed E-state index contributed by atoms with van der Waals surface area (Å²) in [6, 6.07) is 16.7. The van der Waals surface area contributed by atoms with Gasteiger partial charge in [-0.3, -0.25) is 4.99 Å². The second-order valence-electron chi connectivity index (χ2n) is 6.86. The predicted octanol–water partition coefficient (Wildman–Crippen LogP) is 3.44. The molecule has 0 saturated heterocycles. The van der Waals surface area contributed by atoms with Gasteiger partial charge in [0.25, 0.3) is 0 Å². The van der Waals surface area contributed by atoms with Crippen LogP contribution in [-0.4, -0.2) is 37.7 Å². The topological polar surface area (TPSA) is 61.4 Å². The van der Waals surface area contributed by atoms with Gasteiger partial charge in [0.05, 0.1) is 6.61 Å². The molecule has 2 heterocycles. The van der Waals surface area contributed by atoms with Crippen LogP contribution in [0.15, 0.2) is 59.7 Å². The molecule has 0 saturated carbocycles. The lowest BCUT2D eigenvalue weighted by molar-refractivity contribution is 0.267. The first-order valence-corrected chi connectivity index (χ1v) is 9.56. The molecule has 1 aliphatic heterocycles. The fourth-order valence-electron chi connectivity index (χ4n) is 3.72. The van der Waals surface area contributed by atoms with Crippen LogP contribution in [0, 0.1) is 0 Å². The molecule has 1 aromatic heterocycles. The normalized spacial score (nSPS) is 16.6. The van der Waals surface area contributed by atoms with Crippen molar-refractivity contribution in [2.75, 3.05) is 26.7 Å². The zero-order valence-electron chi connectivity index (χ0n) is 15.7. The Hall–Kier alpha value is -2.95. The molecule has 2 aromatic carbocycles. The van der Waals surface area contributed by atoms with Crippen LogP contribution in [0.1, 0.15) is 23.5 Å². The third kappa shape index (κ3) is 3.92. The number of benzene rings is 2. The largest absolute Gasteiger partial charge is 0.493 e. The second kappa shape index (κ2) is 8.16. The van der Waals surface area contributed by atoms with Crippen LogP contribution in [0.25, 0.3) is 10.9 Å². The van der Waals surface area contributed by atoms with E-state index in [1.807, 2.05) is 13.1 Å². The molecule has 0 amide bonds. The van der Waals surface area contributed by atoms with Gasteiger partial charge in [0, 0.05) is 43.2 Å². The summed E-state index contributed by atoms with van der Waals surface area (Å²) < 4.78 is 5.75. The van der Waals surface area contributed by atoms with Crippen LogP contribution in [0.3, 0.4) is 0 Å². The lowest BCUT2D eigenvalue weighted by Gasteiger charge is -2.26. The number of ether oxygens (including phenoxy) is 1. The van der Waals surface area contributed by atoms with Gasteiger partial charge in [-0.25, -0.2) is 0 Å². The molecule has 0 fully saturated rings. The van der Waals surface area contributed by atoms with Gasteiger partial charge < -0.3 is 20.4 Å². The lowest BCUT2D eigenvalue weighted by Crippen LogP contribution is -2.40. The van der Waals surface area contributed by atoms with Crippen molar-refractivity contribution >= 4 is 16.9 Å². The molecular formula is C22H26N4O. The molecule has 1 aliphatic rings. The van der Waals surface area contributed by atoms with E-state index < -0.39 is 0 Å². The minimum atomic E-state index is 0.446. The molecule has 27 heavy (non-hydrogen) atoms. The Morgan fingerprint density at radius 1 is 1.15 bits per heavy atom. The van der Waals surface area contributed by atoms with E-state index in [2.05, 4.69) is 69.3 Å². The van der Waals surface area contributed by atoms with Gasteiger partial charge in [0.2, 0.25) is 0 Å². The number of aromatic amines is 1. The molecule has 0 spiro atoms. The highest BCUT2D eigenvalue weighted by Gasteiger charge is 2.21. The van der Waals surface area contributed by atoms with Gasteiger partial charge >= 0.3 is 0 Å². The number of guanidine groups is 1. The van der Waals surface area contributed by atoms with E-state index in [0.717, 1.165) is 44.2 Å². The monoisotopic (exact) mass is 362 g/mol. The molecule has 140 valence electrons. The van der Waals surface area contributed by atoms with E-state index in [4.69, 9.17) is 4.74 Å². The van der Waals surface area contributed by atoms with E-state index in [0.29, 0.717) is 5.92 Å². The van der Waals surface area contributed by atoms with Crippen molar-refractivity contribution < 1.29 is 4.74 Å². The molecule has 3 aromatic rings. The predicted molar refractivity (Wildman–Crippen MR) is 111 cm³/mol. The van der Waals surface area contributed by atoms with E-state index in [-0.39, 0.29) is 0 Å². The first kappa shape index (κ1) is 17.5. The third-order valence-corrected chi connectivity index (χ3v) is 5.18. The molecule has 1 unspecified atom stereocenters. The Bertz CT molecular complexity index is 931. The minimum absolute atomic E-state index is 0.446. The highest BCUT2D eigenvalue weighted by atomic mass is 16.5. The van der Waals surface area contributed by atoms with E-state index in [1.54, 1.807) is 0 Å². The zero-order chi connectivity index (χ0) is 18.5. The Labute approximate surface area is 159 Å². The van der Waals surface area contributed by atoms with E-state index >= 15 is 0 Å². The van der Waals surface area contributed by atoms with Gasteiger partial charge in [-0.1, -0.05) is 36.4 Å². The van der Waals surface area contributed by atoms with Crippen LogP contribution in [0.4, 0.5) is 0 Å². The smallest absolute Gasteiger partial charge is 0.191 e. The Kier molecular flexibility index (Phi) is 5.28. The number of H-pyrrole nitrogens is 1. The van der Waals surface area contributed by atoms with Gasteiger partial charge in [0.15, 0.2) is 5.96 Å². The molecule has 1 atom stereocenters. The zero-order valence-corrected chi connectivity index (χ0v) is 15.7. The number of nitrogens with one attached hydrogen (secondary N) is 3. The number of hydrogen-bond acceptors (Lipinski definition) is 2. The maximum absolute atomic E-state index is 5.75. The SMILES string of the molecule is CN=C(NCCc1c[nH]c2ccccc12)NCC1CCOc2ccccc21. The number of nitrogens with zero attached hydrogens (tertiary/aromatic N) is 1. The first-order valence-electron chi connectivity index (χ1n) is 9.56. The summed E-state index contributed by atoms with van der Waals surface area (Å²) >= 11 is 0. The van der Waals surface area contributed by atoms with Crippen LogP contribution in [0.5, 0.6) is 5.75 Å². The van der Waals surface area contributed by atoms with Crippen molar-refractivity contribution in [3.05, 3.63) is 65.9 Å². The molecule has 0 radical (unpaired) electrons. The number of rotatable bonds is 5. The highest BCUT2D eigenvalue weighted by molar-refractivity contribution is 5.83. The summed E-state index contributed by atoms with van der Waals surface area (Å²) in [5.41, 5.74) is 3.80. The minimum Gasteiger partial charge on any atom is -0.493 e. The molecule has 0 aliphatic carbocycles. The first-order chi connectivity index (χ1) is 13.3. The van der Waals surface area contributed by atoms with E-state index in [1.165, 1.54) is 22.0 Å². The second-order valence-corrected chi connectivity index (χ2v) is 6.86. The molecule has 3 N–H and O–H groups in total. The molecule has 5 heteroatoms. The summed E-state index contributed by atoms with van der Waals surface area (Å²) in [7, 11) is 1.82. The third-order valence-electron chi connectivity index (χ3n) is 5.18. The Morgan fingerprint density at radius 2 is 2.00 bits per heavy atom. The summed E-state index contributed by atoms with van der Waals surface area (Å²) in [4.78, 5) is 7.70. The van der Waals surface area contributed by atoms with Crippen molar-refractivity contribution in [1.82, 2.24) is 15.6 Å². The summed E-state index contributed by atoms with van der Waals surface area (Å²) in [5, 5.41) is 8.20. The average molecular weight is 362 g/mol. The Morgan fingerprint density at radius 3 is 2.93 bits per heavy atom. The van der Waals surface area contributed by atoms with Crippen molar-refractivity contribution in [3.63, 3.8) is 0 Å². The van der Waals surface area contributed by atoms with Crippen LogP contribution < -0.4 is 15.4 Å². The van der Waals surface area contributed by atoms with Gasteiger partial charge in [-0.15, -0.1) is 0 Å². The maximum Gasteiger partial charge on any atom is 0.191 e. The van der Waals surface area contributed by atoms with Crippen molar-refractivity contribution in [3.8, 4) is 5.75 Å². The quantitative estimate of drug-likeness (QED) is 0.481. The Balaban J connectivity index is 1.30. The standard InChI is InChI=1S/C22H26N4O/c1-23-22(24-12-10-16-14-25-20-8-4-2-6-18(16)20)26-15-17-11-13-27-21-9-5-3-7-19(17)21/h2-9,14,17,25H,10-13,15H2,1H3,(H2,23,24,26). The number of para-hydroxylation sites is 2. The fraction of sp³-hybridized carbons (Fsp3) is 0.318. The van der Waals surface area contributed by atoms with Crippen molar-refractivity contribution in [2.45, 2.75) is 18.8 Å². The number of aromatic nitrogens is 1. The van der Waals surface area contributed by atoms with Gasteiger partial charge in [0.1, 0.15) is 5.75 Å². The summed E-state index contributed by atoms with van der Waals surface area (Å²) in [6.45, 7) is 2.47. The summed E-state index contributed by atoms with van der Waals surface area (Å²) in [6.07, 6.45) is 4.07. The fourth-order valence-corrected chi connectivity index (χ4v) is 3.72. The molecule has 0 bridgehead atoms. The van der Waals surface area contributed by atoms with E-state index in [9.17, 15) is 0 Å². The van der Waals surface area contributed by atoms with Crippen molar-refractivity contribution in [2.24, 2.45) is 4.99 Å². The van der Waals surface area contributed by atoms with Crippen LogP contribution in [0.2, 0.25) is 0 Å². The van der Waals surface area contributed by atoms with Crippen molar-refractivity contribution in [1.29, 1.82) is 0 Å². The van der Waals surface area contributed by atoms with Crippen LogP contribution in [-0.2, 0) is 6.42 Å². The number of hydrogen-bond donors (Lipinski definition) is 3. The molecular weight excluding hydrogens is 336 g/mol. The number of aliphatic imine (C=N–C) groups is 1. The van der Waals surface area contributed by atoms with Crippen LogP contribution >= 0.6 is 0 Å². The van der Waals surface area contributed by atoms with Gasteiger partial charge in [-0.2, -0.15) is 0 Å². The molecule has 4 rings (SSSR count). The van der Waals surface area contributed by atoms with Gasteiger partial charge in [-0.05, 0) is 36.1 Å².